The van der Waals surface area contributed by atoms with Crippen molar-refractivity contribution in [3.63, 3.8) is 0 Å². The lowest BCUT2D eigenvalue weighted by Gasteiger charge is -2.30. The van der Waals surface area contributed by atoms with Gasteiger partial charge in [0.1, 0.15) is 5.82 Å². The first-order valence-electron chi connectivity index (χ1n) is 10.1. The molecular formula is C22H26F2N4O3. The second kappa shape index (κ2) is 8.95. The van der Waals surface area contributed by atoms with E-state index in [-0.39, 0.29) is 35.7 Å². The van der Waals surface area contributed by atoms with Crippen molar-refractivity contribution < 1.29 is 23.1 Å². The molecule has 31 heavy (non-hydrogen) atoms. The third-order valence-corrected chi connectivity index (χ3v) is 5.35. The summed E-state index contributed by atoms with van der Waals surface area (Å²) >= 11 is 0. The molecule has 2 aromatic heterocycles. The number of halogens is 2. The third kappa shape index (κ3) is 4.50. The number of nitrogens with zero attached hydrogens (tertiary/aromatic N) is 3. The lowest BCUT2D eigenvalue weighted by atomic mass is 10.0. The van der Waals surface area contributed by atoms with Crippen LogP contribution in [-0.2, 0) is 4.79 Å². The standard InChI is InChI=1S/C22H26F2N4O3/c1-11(2)20(29)27-19-18-14(5)28(22(30)16(18)6-7-25-19)13(4)15-8-12(3)21(26-9-15)31-10-17(23)24/h6-9,11,13-14,17H,10H2,1-5H3,(H,25,27,29). The molecule has 0 saturated heterocycles. The number of carbonyl (C=O) groups excluding carboxylic acids is 2. The molecule has 7 nitrogen and oxygen atoms in total. The van der Waals surface area contributed by atoms with Crippen LogP contribution in [0.25, 0.3) is 0 Å². The van der Waals surface area contributed by atoms with Crippen LogP contribution in [0.5, 0.6) is 5.88 Å². The predicted octanol–water partition coefficient (Wildman–Crippen LogP) is 4.30. The van der Waals surface area contributed by atoms with Crippen LogP contribution >= 0.6 is 0 Å². The van der Waals surface area contributed by atoms with Crippen LogP contribution in [0.4, 0.5) is 14.6 Å². The number of hydrogen-bond acceptors (Lipinski definition) is 5. The second-order valence-corrected chi connectivity index (χ2v) is 7.92. The molecule has 0 aliphatic carbocycles. The highest BCUT2D eigenvalue weighted by Gasteiger charge is 2.40. The maximum absolute atomic E-state index is 13.2. The van der Waals surface area contributed by atoms with E-state index in [4.69, 9.17) is 4.74 Å². The fraction of sp³-hybridized carbons (Fsp3) is 0.455. The summed E-state index contributed by atoms with van der Waals surface area (Å²) in [5.41, 5.74) is 2.52. The van der Waals surface area contributed by atoms with Gasteiger partial charge in [-0.15, -0.1) is 0 Å². The molecule has 1 aliphatic rings. The monoisotopic (exact) mass is 432 g/mol. The van der Waals surface area contributed by atoms with Gasteiger partial charge in [0, 0.05) is 29.4 Å². The van der Waals surface area contributed by atoms with Crippen molar-refractivity contribution in [2.75, 3.05) is 11.9 Å². The molecule has 166 valence electrons. The Kier molecular flexibility index (Phi) is 6.52. The van der Waals surface area contributed by atoms with E-state index >= 15 is 0 Å². The topological polar surface area (TPSA) is 84.4 Å². The number of alkyl halides is 2. The second-order valence-electron chi connectivity index (χ2n) is 7.92. The number of rotatable bonds is 7. The maximum Gasteiger partial charge on any atom is 0.272 e. The summed E-state index contributed by atoms with van der Waals surface area (Å²) < 4.78 is 29.8. The van der Waals surface area contributed by atoms with Crippen LogP contribution in [-0.4, -0.2) is 39.7 Å². The van der Waals surface area contributed by atoms with E-state index in [0.29, 0.717) is 22.5 Å². The number of hydrogen-bond donors (Lipinski definition) is 1. The number of aromatic nitrogens is 2. The first-order chi connectivity index (χ1) is 14.6. The molecule has 0 saturated carbocycles. The van der Waals surface area contributed by atoms with E-state index in [2.05, 4.69) is 15.3 Å². The van der Waals surface area contributed by atoms with Crippen molar-refractivity contribution in [1.29, 1.82) is 0 Å². The molecule has 2 unspecified atom stereocenters. The first kappa shape index (κ1) is 22.6. The molecule has 2 atom stereocenters. The Morgan fingerprint density at radius 2 is 2.00 bits per heavy atom. The number of aryl methyl sites for hydroxylation is 1. The van der Waals surface area contributed by atoms with Gasteiger partial charge < -0.3 is 15.0 Å². The normalized spacial score (nSPS) is 16.6. The molecule has 0 radical (unpaired) electrons. The highest BCUT2D eigenvalue weighted by molar-refractivity contribution is 6.02. The summed E-state index contributed by atoms with van der Waals surface area (Å²) in [6.07, 6.45) is 0.454. The van der Waals surface area contributed by atoms with Crippen molar-refractivity contribution in [1.82, 2.24) is 14.9 Å². The van der Waals surface area contributed by atoms with Crippen molar-refractivity contribution in [2.45, 2.75) is 53.1 Å². The SMILES string of the molecule is Cc1cc(C(C)N2C(=O)c3ccnc(NC(=O)C(C)C)c3C2C)cnc1OCC(F)F. The Hall–Kier alpha value is -3.10. The Morgan fingerprint density at radius 3 is 2.61 bits per heavy atom. The van der Waals surface area contributed by atoms with Crippen LogP contribution in [0.2, 0.25) is 0 Å². The minimum atomic E-state index is -2.58. The average Bonchev–Trinajstić information content (AvgIpc) is 2.97. The largest absolute Gasteiger partial charge is 0.471 e. The molecule has 1 N–H and O–H groups in total. The summed E-state index contributed by atoms with van der Waals surface area (Å²) in [7, 11) is 0. The Morgan fingerprint density at radius 1 is 1.29 bits per heavy atom. The molecule has 9 heteroatoms. The lowest BCUT2D eigenvalue weighted by Crippen LogP contribution is -2.30. The number of amides is 2. The number of pyridine rings is 2. The summed E-state index contributed by atoms with van der Waals surface area (Å²) in [5.74, 6) is -0.0423. The fourth-order valence-corrected chi connectivity index (χ4v) is 3.67. The van der Waals surface area contributed by atoms with E-state index in [9.17, 15) is 18.4 Å². The Balaban J connectivity index is 1.87. The van der Waals surface area contributed by atoms with Crippen LogP contribution in [0, 0.1) is 12.8 Å². The van der Waals surface area contributed by atoms with Gasteiger partial charge >= 0.3 is 0 Å². The van der Waals surface area contributed by atoms with Gasteiger partial charge in [-0.2, -0.15) is 0 Å². The summed E-state index contributed by atoms with van der Waals surface area (Å²) in [6, 6.07) is 2.75. The van der Waals surface area contributed by atoms with Gasteiger partial charge in [-0.3, -0.25) is 9.59 Å². The van der Waals surface area contributed by atoms with E-state index in [1.165, 1.54) is 12.4 Å². The number of ether oxygens (including phenoxy) is 1. The van der Waals surface area contributed by atoms with Crippen molar-refractivity contribution >= 4 is 17.6 Å². The van der Waals surface area contributed by atoms with Crippen LogP contribution in [0.3, 0.4) is 0 Å². The molecule has 0 aromatic carbocycles. The number of fused-ring (bicyclic) bond motifs is 1. The summed E-state index contributed by atoms with van der Waals surface area (Å²) in [6.45, 7) is 8.32. The Bertz CT molecular complexity index is 997. The zero-order valence-electron chi connectivity index (χ0n) is 18.1. The zero-order chi connectivity index (χ0) is 22.9. The van der Waals surface area contributed by atoms with Crippen molar-refractivity contribution in [2.24, 2.45) is 5.92 Å². The first-order valence-corrected chi connectivity index (χ1v) is 10.1. The predicted molar refractivity (Wildman–Crippen MR) is 111 cm³/mol. The quantitative estimate of drug-likeness (QED) is 0.705. The van der Waals surface area contributed by atoms with Gasteiger partial charge in [-0.05, 0) is 38.5 Å². The van der Waals surface area contributed by atoms with Gasteiger partial charge in [0.15, 0.2) is 6.61 Å². The molecule has 0 bridgehead atoms. The fourth-order valence-electron chi connectivity index (χ4n) is 3.67. The third-order valence-electron chi connectivity index (χ3n) is 5.35. The summed E-state index contributed by atoms with van der Waals surface area (Å²) in [4.78, 5) is 35.5. The zero-order valence-corrected chi connectivity index (χ0v) is 18.1. The molecule has 0 spiro atoms. The summed E-state index contributed by atoms with van der Waals surface area (Å²) in [5, 5.41) is 2.81. The molecule has 0 fully saturated rings. The number of carbonyl (C=O) groups is 2. The molecule has 3 rings (SSSR count). The van der Waals surface area contributed by atoms with Crippen LogP contribution in [0.15, 0.2) is 24.5 Å². The van der Waals surface area contributed by atoms with Crippen molar-refractivity contribution in [3.05, 3.63) is 46.8 Å². The molecule has 1 aliphatic heterocycles. The number of nitrogens with one attached hydrogen (secondary N) is 1. The van der Waals surface area contributed by atoms with Gasteiger partial charge in [0.25, 0.3) is 12.3 Å². The minimum absolute atomic E-state index is 0.142. The molecular weight excluding hydrogens is 406 g/mol. The van der Waals surface area contributed by atoms with Crippen molar-refractivity contribution in [3.8, 4) is 5.88 Å². The van der Waals surface area contributed by atoms with Crippen LogP contribution < -0.4 is 10.1 Å². The van der Waals surface area contributed by atoms with Gasteiger partial charge in [-0.25, -0.2) is 18.7 Å². The lowest BCUT2D eigenvalue weighted by molar-refractivity contribution is -0.118. The highest BCUT2D eigenvalue weighted by atomic mass is 19.3. The van der Waals surface area contributed by atoms with Gasteiger partial charge in [0.2, 0.25) is 11.8 Å². The van der Waals surface area contributed by atoms with Gasteiger partial charge in [0.05, 0.1) is 17.6 Å². The van der Waals surface area contributed by atoms with E-state index in [1.807, 2.05) is 13.8 Å². The highest BCUT2D eigenvalue weighted by Crippen LogP contribution is 2.42. The average molecular weight is 432 g/mol. The molecule has 2 amide bonds. The van der Waals surface area contributed by atoms with E-state index in [0.717, 1.165) is 5.56 Å². The van der Waals surface area contributed by atoms with E-state index < -0.39 is 13.0 Å². The minimum Gasteiger partial charge on any atom is -0.471 e. The maximum atomic E-state index is 13.2. The molecule has 2 aromatic rings. The molecule has 3 heterocycles. The van der Waals surface area contributed by atoms with Gasteiger partial charge in [-0.1, -0.05) is 13.8 Å². The van der Waals surface area contributed by atoms with Crippen LogP contribution in [0.1, 0.15) is 66.8 Å². The Labute approximate surface area is 179 Å². The number of anilines is 1. The smallest absolute Gasteiger partial charge is 0.272 e. The van der Waals surface area contributed by atoms with E-state index in [1.54, 1.807) is 37.8 Å².